The number of fused-ring (bicyclic) bond motifs is 3. The van der Waals surface area contributed by atoms with Crippen LogP contribution in [0.5, 0.6) is 0 Å². The number of aliphatic imine (C=N–C) groups is 1. The van der Waals surface area contributed by atoms with E-state index in [1.165, 1.54) is 0 Å². The number of hydrogen-bond donors (Lipinski definition) is 1. The van der Waals surface area contributed by atoms with Crippen LogP contribution in [0.3, 0.4) is 0 Å². The van der Waals surface area contributed by atoms with Gasteiger partial charge in [-0.1, -0.05) is 0 Å². The van der Waals surface area contributed by atoms with Gasteiger partial charge in [0.2, 0.25) is 0 Å². The summed E-state index contributed by atoms with van der Waals surface area (Å²) < 4.78 is 0. The van der Waals surface area contributed by atoms with E-state index < -0.39 is 0 Å². The van der Waals surface area contributed by atoms with Crippen molar-refractivity contribution >= 4 is 12.0 Å². The van der Waals surface area contributed by atoms with E-state index in [1.807, 2.05) is 24.5 Å². The zero-order valence-corrected chi connectivity index (χ0v) is 7.14. The Balaban J connectivity index is 2.13. The van der Waals surface area contributed by atoms with E-state index >= 15 is 0 Å². The van der Waals surface area contributed by atoms with Crippen molar-refractivity contribution in [2.45, 2.75) is 12.6 Å². The van der Waals surface area contributed by atoms with Crippen LogP contribution in [-0.2, 0) is 0 Å². The first-order valence-electron chi connectivity index (χ1n) is 4.46. The second-order valence-corrected chi connectivity index (χ2v) is 3.24. The maximum Gasteiger partial charge on any atom is 0.153 e. The summed E-state index contributed by atoms with van der Waals surface area (Å²) in [5.74, 6) is 1.00. The summed E-state index contributed by atoms with van der Waals surface area (Å²) in [6, 6.07) is 3.96. The predicted octanol–water partition coefficient (Wildman–Crippen LogP) is 0.555. The third kappa shape index (κ3) is 0.954. The van der Waals surface area contributed by atoms with Crippen molar-refractivity contribution in [3.63, 3.8) is 0 Å². The number of pyridine rings is 1. The van der Waals surface area contributed by atoms with E-state index in [4.69, 9.17) is 0 Å². The fraction of sp³-hybridized carbons (Fsp3) is 0.333. The molecule has 66 valence electrons. The number of hydrogen-bond acceptors (Lipinski definition) is 4. The average Bonchev–Trinajstić information content (AvgIpc) is 2.65. The minimum Gasteiger partial charge on any atom is -0.267 e. The normalized spacial score (nSPS) is 24.3. The molecule has 0 saturated carbocycles. The molecule has 1 saturated heterocycles. The molecule has 0 bridgehead atoms. The standard InChI is InChI=1S/C9H10N4/c1-2-7-6-11-8-3-5-12-13(8)9(7)10-4-1/h1-2,4,6,8,12H,3,5H2. The summed E-state index contributed by atoms with van der Waals surface area (Å²) in [7, 11) is 0. The van der Waals surface area contributed by atoms with Crippen molar-refractivity contribution < 1.29 is 0 Å². The van der Waals surface area contributed by atoms with E-state index in [2.05, 4.69) is 20.4 Å². The largest absolute Gasteiger partial charge is 0.267 e. The Hall–Kier alpha value is -1.42. The van der Waals surface area contributed by atoms with Gasteiger partial charge in [-0.05, 0) is 12.1 Å². The Morgan fingerprint density at radius 2 is 2.54 bits per heavy atom. The predicted molar refractivity (Wildman–Crippen MR) is 50.7 cm³/mol. The second-order valence-electron chi connectivity index (χ2n) is 3.24. The number of rotatable bonds is 0. The summed E-state index contributed by atoms with van der Waals surface area (Å²) in [6.45, 7) is 0.984. The fourth-order valence-corrected chi connectivity index (χ4v) is 1.78. The van der Waals surface area contributed by atoms with Crippen molar-refractivity contribution in [1.82, 2.24) is 10.4 Å². The van der Waals surface area contributed by atoms with Gasteiger partial charge in [-0.2, -0.15) is 0 Å². The van der Waals surface area contributed by atoms with Gasteiger partial charge < -0.3 is 0 Å². The highest BCUT2D eigenvalue weighted by atomic mass is 15.6. The first-order valence-corrected chi connectivity index (χ1v) is 4.46. The van der Waals surface area contributed by atoms with Crippen LogP contribution in [0.4, 0.5) is 5.82 Å². The van der Waals surface area contributed by atoms with Crippen molar-refractivity contribution in [3.8, 4) is 0 Å². The molecule has 0 aliphatic carbocycles. The Morgan fingerprint density at radius 3 is 3.54 bits per heavy atom. The zero-order chi connectivity index (χ0) is 8.67. The molecular formula is C9H10N4. The molecule has 4 nitrogen and oxygen atoms in total. The molecule has 1 N–H and O–H groups in total. The lowest BCUT2D eigenvalue weighted by Gasteiger charge is -2.26. The molecule has 0 amide bonds. The molecular weight excluding hydrogens is 164 g/mol. The lowest BCUT2D eigenvalue weighted by Crippen LogP contribution is -2.39. The maximum atomic E-state index is 4.43. The lowest BCUT2D eigenvalue weighted by molar-refractivity contribution is 0.657. The molecule has 1 aromatic heterocycles. The topological polar surface area (TPSA) is 40.5 Å². The second kappa shape index (κ2) is 2.53. The fourth-order valence-electron chi connectivity index (χ4n) is 1.78. The molecule has 1 fully saturated rings. The molecule has 0 aromatic carbocycles. The number of nitrogens with one attached hydrogen (secondary N) is 1. The zero-order valence-electron chi connectivity index (χ0n) is 7.14. The van der Waals surface area contributed by atoms with Crippen LogP contribution in [0.25, 0.3) is 0 Å². The molecule has 2 aliphatic rings. The molecule has 4 heteroatoms. The van der Waals surface area contributed by atoms with Gasteiger partial charge in [0.05, 0.1) is 0 Å². The third-order valence-electron chi connectivity index (χ3n) is 2.41. The van der Waals surface area contributed by atoms with Crippen molar-refractivity contribution in [2.24, 2.45) is 4.99 Å². The summed E-state index contributed by atoms with van der Waals surface area (Å²) in [5, 5.41) is 2.05. The quantitative estimate of drug-likeness (QED) is 0.624. The Labute approximate surface area is 76.3 Å². The van der Waals surface area contributed by atoms with Gasteiger partial charge in [0, 0.05) is 30.9 Å². The van der Waals surface area contributed by atoms with Gasteiger partial charge in [-0.3, -0.25) is 10.0 Å². The highest BCUT2D eigenvalue weighted by Gasteiger charge is 2.28. The first kappa shape index (κ1) is 7.03. The van der Waals surface area contributed by atoms with E-state index in [9.17, 15) is 0 Å². The van der Waals surface area contributed by atoms with Crippen LogP contribution < -0.4 is 10.4 Å². The minimum atomic E-state index is 0.252. The molecule has 3 heterocycles. The summed E-state index contributed by atoms with van der Waals surface area (Å²) in [5.41, 5.74) is 4.36. The molecule has 1 unspecified atom stereocenters. The van der Waals surface area contributed by atoms with Crippen LogP contribution in [0, 0.1) is 0 Å². The van der Waals surface area contributed by atoms with Gasteiger partial charge in [0.1, 0.15) is 6.17 Å². The van der Waals surface area contributed by atoms with Gasteiger partial charge >= 0.3 is 0 Å². The van der Waals surface area contributed by atoms with Gasteiger partial charge in [-0.15, -0.1) is 0 Å². The summed E-state index contributed by atoms with van der Waals surface area (Å²) in [6.07, 6.45) is 5.04. The number of aromatic nitrogens is 1. The van der Waals surface area contributed by atoms with Gasteiger partial charge in [0.25, 0.3) is 0 Å². The first-order chi connectivity index (χ1) is 6.45. The number of hydrazine groups is 1. The highest BCUT2D eigenvalue weighted by molar-refractivity contribution is 5.88. The number of nitrogens with zero attached hydrogens (tertiary/aromatic N) is 3. The smallest absolute Gasteiger partial charge is 0.153 e. The molecule has 2 aliphatic heterocycles. The molecule has 1 atom stereocenters. The van der Waals surface area contributed by atoms with E-state index in [0.717, 1.165) is 24.3 Å². The van der Waals surface area contributed by atoms with Gasteiger partial charge in [0.15, 0.2) is 5.82 Å². The molecule has 0 spiro atoms. The molecule has 0 radical (unpaired) electrons. The van der Waals surface area contributed by atoms with Crippen LogP contribution in [0.15, 0.2) is 23.3 Å². The van der Waals surface area contributed by atoms with E-state index in [-0.39, 0.29) is 6.17 Å². The molecule has 1 aromatic rings. The highest BCUT2D eigenvalue weighted by Crippen LogP contribution is 2.24. The summed E-state index contributed by atoms with van der Waals surface area (Å²) in [4.78, 5) is 8.77. The van der Waals surface area contributed by atoms with Crippen molar-refractivity contribution in [1.29, 1.82) is 0 Å². The van der Waals surface area contributed by atoms with E-state index in [1.54, 1.807) is 0 Å². The monoisotopic (exact) mass is 174 g/mol. The Morgan fingerprint density at radius 1 is 1.54 bits per heavy atom. The Bertz CT molecular complexity index is 360. The van der Waals surface area contributed by atoms with Crippen LogP contribution >= 0.6 is 0 Å². The molecule has 13 heavy (non-hydrogen) atoms. The van der Waals surface area contributed by atoms with Crippen LogP contribution in [0.1, 0.15) is 12.0 Å². The van der Waals surface area contributed by atoms with Crippen molar-refractivity contribution in [3.05, 3.63) is 23.9 Å². The van der Waals surface area contributed by atoms with E-state index in [0.29, 0.717) is 0 Å². The molecule has 3 rings (SSSR count). The maximum absolute atomic E-state index is 4.43. The van der Waals surface area contributed by atoms with Crippen LogP contribution in [0.2, 0.25) is 0 Å². The SMILES string of the molecule is C1=NC2CCNN2c2ncccc21. The third-order valence-corrected chi connectivity index (χ3v) is 2.41. The van der Waals surface area contributed by atoms with Crippen LogP contribution in [-0.4, -0.2) is 23.9 Å². The Kier molecular flexibility index (Phi) is 1.37. The van der Waals surface area contributed by atoms with Gasteiger partial charge in [-0.25, -0.2) is 10.4 Å². The number of anilines is 1. The average molecular weight is 174 g/mol. The summed E-state index contributed by atoms with van der Waals surface area (Å²) >= 11 is 0. The lowest BCUT2D eigenvalue weighted by atomic mass is 10.2. The van der Waals surface area contributed by atoms with Crippen molar-refractivity contribution in [2.75, 3.05) is 11.6 Å². The minimum absolute atomic E-state index is 0.252.